The molecule has 1 saturated carbocycles. The molecule has 0 spiro atoms. The maximum Gasteiger partial charge on any atom is 0.407 e. The number of H-pyrrole nitrogens is 1. The number of carbonyl (C=O) groups is 2. The highest BCUT2D eigenvalue weighted by Gasteiger charge is 2.30. The van der Waals surface area contributed by atoms with E-state index in [0.29, 0.717) is 12.3 Å². The molecule has 1 fully saturated rings. The number of amides is 2. The number of aromatic nitrogens is 2. The number of benzene rings is 1. The molecule has 1 aliphatic carbocycles. The summed E-state index contributed by atoms with van der Waals surface area (Å²) in [7, 11) is 0. The summed E-state index contributed by atoms with van der Waals surface area (Å²) in [5, 5.41) is 16.3. The van der Waals surface area contributed by atoms with E-state index in [1.165, 1.54) is 0 Å². The van der Waals surface area contributed by atoms with Gasteiger partial charge in [-0.1, -0.05) is 0 Å². The van der Waals surface area contributed by atoms with E-state index in [1.807, 2.05) is 38.1 Å². The lowest BCUT2D eigenvalue weighted by atomic mass is 10.0. The van der Waals surface area contributed by atoms with Gasteiger partial charge in [-0.05, 0) is 56.9 Å². The van der Waals surface area contributed by atoms with Gasteiger partial charge >= 0.3 is 6.09 Å². The van der Waals surface area contributed by atoms with Gasteiger partial charge in [-0.3, -0.25) is 9.89 Å². The maximum absolute atomic E-state index is 11.8. The average Bonchev–Trinajstić information content (AvgIpc) is 3.32. The Labute approximate surface area is 163 Å². The summed E-state index contributed by atoms with van der Waals surface area (Å²) in [5.74, 6) is 1.05. The predicted octanol–water partition coefficient (Wildman–Crippen LogP) is 3.42. The highest BCUT2D eigenvalue weighted by Crippen LogP contribution is 2.36. The van der Waals surface area contributed by atoms with Crippen LogP contribution in [-0.4, -0.2) is 34.3 Å². The van der Waals surface area contributed by atoms with Gasteiger partial charge in [0.05, 0.1) is 6.42 Å². The molecule has 0 unspecified atom stereocenters. The Kier molecular flexibility index (Phi) is 4.93. The van der Waals surface area contributed by atoms with Gasteiger partial charge in [-0.25, -0.2) is 4.79 Å². The number of hydrogen-bond acceptors (Lipinski definition) is 5. The molecule has 0 radical (unpaired) electrons. The van der Waals surface area contributed by atoms with Crippen molar-refractivity contribution in [2.75, 3.05) is 10.6 Å². The molecule has 2 aromatic rings. The fourth-order valence-corrected chi connectivity index (χ4v) is 3.82. The fourth-order valence-electron chi connectivity index (χ4n) is 3.82. The lowest BCUT2D eigenvalue weighted by Crippen LogP contribution is -2.33. The molecule has 28 heavy (non-hydrogen) atoms. The lowest BCUT2D eigenvalue weighted by Gasteiger charge is -2.14. The summed E-state index contributed by atoms with van der Waals surface area (Å²) < 4.78 is 5.49. The largest absolute Gasteiger partial charge is 0.446 e. The first-order valence-corrected chi connectivity index (χ1v) is 9.68. The van der Waals surface area contributed by atoms with Gasteiger partial charge in [0.1, 0.15) is 6.10 Å². The molecule has 4 rings (SSSR count). The number of aromatic amines is 1. The van der Waals surface area contributed by atoms with Gasteiger partial charge in [-0.2, -0.15) is 5.10 Å². The first-order chi connectivity index (χ1) is 13.5. The van der Waals surface area contributed by atoms with Gasteiger partial charge < -0.3 is 20.7 Å². The molecule has 2 aliphatic rings. The van der Waals surface area contributed by atoms with Gasteiger partial charge in [0.25, 0.3) is 0 Å². The summed E-state index contributed by atoms with van der Waals surface area (Å²) in [5.41, 5.74) is 3.79. The number of carbonyl (C=O) groups excluding carboxylic acids is 2. The van der Waals surface area contributed by atoms with E-state index in [1.54, 1.807) is 0 Å². The summed E-state index contributed by atoms with van der Waals surface area (Å²) in [6.07, 6.45) is 2.59. The molecular formula is C20H25N5O3. The lowest BCUT2D eigenvalue weighted by molar-refractivity contribution is -0.115. The number of alkyl carbamates (subject to hydrolysis) is 1. The molecule has 2 amide bonds. The first-order valence-electron chi connectivity index (χ1n) is 9.68. The zero-order valence-corrected chi connectivity index (χ0v) is 16.0. The van der Waals surface area contributed by atoms with Crippen LogP contribution in [0.4, 0.5) is 22.0 Å². The molecule has 1 aromatic carbocycles. The second-order valence-corrected chi connectivity index (χ2v) is 7.77. The Morgan fingerprint density at radius 1 is 1.29 bits per heavy atom. The van der Waals surface area contributed by atoms with Crippen LogP contribution in [0.3, 0.4) is 0 Å². The SMILES string of the molecule is CC(C)NC(=O)O[C@@H]1CC[C@H](c2cc(Nc3ccc4c(c3)CC(=O)N4)n[nH]2)C1. The minimum Gasteiger partial charge on any atom is -0.446 e. The van der Waals surface area contributed by atoms with Crippen molar-refractivity contribution in [2.24, 2.45) is 0 Å². The van der Waals surface area contributed by atoms with E-state index in [4.69, 9.17) is 4.74 Å². The monoisotopic (exact) mass is 383 g/mol. The first kappa shape index (κ1) is 18.3. The van der Waals surface area contributed by atoms with Crippen molar-refractivity contribution in [1.82, 2.24) is 15.5 Å². The third kappa shape index (κ3) is 4.11. The van der Waals surface area contributed by atoms with Crippen LogP contribution in [0.25, 0.3) is 0 Å². The van der Waals surface area contributed by atoms with E-state index >= 15 is 0 Å². The van der Waals surface area contributed by atoms with E-state index in [0.717, 1.165) is 47.7 Å². The number of nitrogens with one attached hydrogen (secondary N) is 4. The number of nitrogens with zero attached hydrogens (tertiary/aromatic N) is 1. The standard InChI is InChI=1S/C20H25N5O3/c1-11(2)21-20(27)28-15-5-3-12(8-15)17-10-18(25-24-17)22-14-4-6-16-13(7-14)9-19(26)23-16/h4,6-7,10-12,15H,3,5,8-9H2,1-2H3,(H,21,27)(H,23,26)(H2,22,24,25)/t12-,15+/m0/s1. The number of anilines is 3. The Balaban J connectivity index is 1.34. The van der Waals surface area contributed by atoms with Crippen molar-refractivity contribution in [3.05, 3.63) is 35.5 Å². The third-order valence-corrected chi connectivity index (χ3v) is 5.10. The van der Waals surface area contributed by atoms with Gasteiger partial charge in [-0.15, -0.1) is 0 Å². The van der Waals surface area contributed by atoms with Crippen LogP contribution in [0.5, 0.6) is 0 Å². The van der Waals surface area contributed by atoms with Crippen LogP contribution in [0.15, 0.2) is 24.3 Å². The highest BCUT2D eigenvalue weighted by atomic mass is 16.6. The van der Waals surface area contributed by atoms with Crippen molar-refractivity contribution in [1.29, 1.82) is 0 Å². The summed E-state index contributed by atoms with van der Waals surface area (Å²) in [4.78, 5) is 23.3. The summed E-state index contributed by atoms with van der Waals surface area (Å²) in [6, 6.07) is 7.86. The molecule has 1 aliphatic heterocycles. The normalized spacial score (nSPS) is 20.8. The molecular weight excluding hydrogens is 358 g/mol. The molecule has 1 aromatic heterocycles. The molecule has 8 nitrogen and oxygen atoms in total. The molecule has 148 valence electrons. The number of ether oxygens (including phenoxy) is 1. The van der Waals surface area contributed by atoms with E-state index in [2.05, 4.69) is 26.1 Å². The zero-order chi connectivity index (χ0) is 19.7. The second kappa shape index (κ2) is 7.53. The van der Waals surface area contributed by atoms with E-state index < -0.39 is 0 Å². The van der Waals surface area contributed by atoms with Crippen LogP contribution >= 0.6 is 0 Å². The molecule has 0 saturated heterocycles. The number of hydrogen-bond donors (Lipinski definition) is 4. The van der Waals surface area contributed by atoms with Crippen LogP contribution < -0.4 is 16.0 Å². The van der Waals surface area contributed by atoms with E-state index in [-0.39, 0.29) is 24.1 Å². The van der Waals surface area contributed by atoms with Gasteiger partial charge in [0.2, 0.25) is 5.91 Å². The van der Waals surface area contributed by atoms with E-state index in [9.17, 15) is 9.59 Å². The van der Waals surface area contributed by atoms with Crippen LogP contribution in [0.2, 0.25) is 0 Å². The molecule has 4 N–H and O–H groups in total. The van der Waals surface area contributed by atoms with Crippen molar-refractivity contribution in [2.45, 2.75) is 57.6 Å². The fraction of sp³-hybridized carbons (Fsp3) is 0.450. The van der Waals surface area contributed by atoms with Crippen molar-refractivity contribution < 1.29 is 14.3 Å². The van der Waals surface area contributed by atoms with Crippen LogP contribution in [-0.2, 0) is 16.0 Å². The Bertz CT molecular complexity index is 892. The van der Waals surface area contributed by atoms with Gasteiger partial charge in [0.15, 0.2) is 5.82 Å². The van der Waals surface area contributed by atoms with Crippen molar-refractivity contribution >= 4 is 29.2 Å². The smallest absolute Gasteiger partial charge is 0.407 e. The summed E-state index contributed by atoms with van der Waals surface area (Å²) in [6.45, 7) is 3.82. The van der Waals surface area contributed by atoms with Crippen molar-refractivity contribution in [3.8, 4) is 0 Å². The third-order valence-electron chi connectivity index (χ3n) is 5.10. The second-order valence-electron chi connectivity index (χ2n) is 7.77. The molecule has 2 heterocycles. The Morgan fingerprint density at radius 3 is 2.96 bits per heavy atom. The maximum atomic E-state index is 11.8. The topological polar surface area (TPSA) is 108 Å². The minimum absolute atomic E-state index is 0.0225. The summed E-state index contributed by atoms with van der Waals surface area (Å²) >= 11 is 0. The number of rotatable bonds is 5. The average molecular weight is 383 g/mol. The minimum atomic E-state index is -0.350. The molecule has 2 atom stereocenters. The quantitative estimate of drug-likeness (QED) is 0.633. The highest BCUT2D eigenvalue weighted by molar-refractivity contribution is 5.99. The predicted molar refractivity (Wildman–Crippen MR) is 106 cm³/mol. The number of fused-ring (bicyclic) bond motifs is 1. The Morgan fingerprint density at radius 2 is 2.14 bits per heavy atom. The zero-order valence-electron chi connectivity index (χ0n) is 16.0. The van der Waals surface area contributed by atoms with Gasteiger partial charge in [0, 0.05) is 35.1 Å². The Hall–Kier alpha value is -3.03. The molecule has 0 bridgehead atoms. The molecule has 8 heteroatoms. The van der Waals surface area contributed by atoms with Crippen LogP contribution in [0.1, 0.15) is 50.3 Å². The van der Waals surface area contributed by atoms with Crippen molar-refractivity contribution in [3.63, 3.8) is 0 Å². The van der Waals surface area contributed by atoms with Crippen LogP contribution in [0, 0.1) is 0 Å².